The molecule has 2 unspecified atom stereocenters. The Bertz CT molecular complexity index is 579. The van der Waals surface area contributed by atoms with Gasteiger partial charge in [-0.25, -0.2) is 0 Å². The maximum atomic E-state index is 10.9. The smallest absolute Gasteiger partial charge is 0.269 e. The molecule has 2 rings (SSSR count). The summed E-state index contributed by atoms with van der Waals surface area (Å²) in [5.74, 6) is 1.20. The van der Waals surface area contributed by atoms with E-state index in [0.29, 0.717) is 18.1 Å². The predicted molar refractivity (Wildman–Crippen MR) is 79.0 cm³/mol. The molecule has 5 heteroatoms. The van der Waals surface area contributed by atoms with Gasteiger partial charge in [0.15, 0.2) is 0 Å². The second-order valence-electron chi connectivity index (χ2n) is 5.84. The zero-order chi connectivity index (χ0) is 15.5. The van der Waals surface area contributed by atoms with Crippen LogP contribution in [0.25, 0.3) is 0 Å². The Balaban J connectivity index is 2.31. The van der Waals surface area contributed by atoms with Crippen LogP contribution >= 0.6 is 0 Å². The lowest BCUT2D eigenvalue weighted by atomic mass is 9.80. The number of benzene rings is 1. The highest BCUT2D eigenvalue weighted by Crippen LogP contribution is 2.46. The van der Waals surface area contributed by atoms with Gasteiger partial charge in [-0.05, 0) is 37.7 Å². The number of non-ortho nitro benzene ring substituents is 1. The van der Waals surface area contributed by atoms with Crippen molar-refractivity contribution in [1.82, 2.24) is 0 Å². The van der Waals surface area contributed by atoms with Crippen LogP contribution in [0.1, 0.15) is 38.2 Å². The highest BCUT2D eigenvalue weighted by atomic mass is 16.6. The Labute approximate surface area is 124 Å². The molecule has 112 valence electrons. The van der Waals surface area contributed by atoms with Crippen LogP contribution in [0.3, 0.4) is 0 Å². The lowest BCUT2D eigenvalue weighted by Gasteiger charge is -2.22. The topological polar surface area (TPSA) is 76.2 Å². The quantitative estimate of drug-likeness (QED) is 0.608. The molecule has 21 heavy (non-hydrogen) atoms. The highest BCUT2D eigenvalue weighted by molar-refractivity contribution is 5.44. The zero-order valence-corrected chi connectivity index (χ0v) is 12.5. The molecule has 0 radical (unpaired) electrons. The van der Waals surface area contributed by atoms with Gasteiger partial charge in [-0.2, -0.15) is 5.26 Å². The second kappa shape index (κ2) is 6.13. The standard InChI is InChI=1S/C16H20N2O3/c1-3-12-6-7-16(9-12,11-17)10-13-8-14(18(19)20)4-5-15(13)21-2/h4-5,8,12H,3,6-7,9-10H2,1-2H3. The Morgan fingerprint density at radius 3 is 2.86 bits per heavy atom. The molecule has 1 fully saturated rings. The molecule has 2 atom stereocenters. The van der Waals surface area contributed by atoms with Crippen molar-refractivity contribution in [2.24, 2.45) is 11.3 Å². The number of nitriles is 1. The van der Waals surface area contributed by atoms with E-state index in [2.05, 4.69) is 13.0 Å². The number of nitrogens with zero attached hydrogens (tertiary/aromatic N) is 2. The Kier molecular flexibility index (Phi) is 4.46. The van der Waals surface area contributed by atoms with Gasteiger partial charge < -0.3 is 4.74 Å². The zero-order valence-electron chi connectivity index (χ0n) is 12.5. The van der Waals surface area contributed by atoms with E-state index in [1.165, 1.54) is 12.1 Å². The minimum atomic E-state index is -0.414. The normalized spacial score (nSPS) is 24.5. The monoisotopic (exact) mass is 288 g/mol. The molecule has 1 aromatic rings. The van der Waals surface area contributed by atoms with E-state index >= 15 is 0 Å². The van der Waals surface area contributed by atoms with Crippen molar-refractivity contribution in [3.63, 3.8) is 0 Å². The van der Waals surface area contributed by atoms with Crippen LogP contribution < -0.4 is 4.74 Å². The number of nitro benzene ring substituents is 1. The molecular weight excluding hydrogens is 268 g/mol. The van der Waals surface area contributed by atoms with Crippen LogP contribution in [0.4, 0.5) is 5.69 Å². The Hall–Kier alpha value is -2.09. The third kappa shape index (κ3) is 3.15. The van der Waals surface area contributed by atoms with Gasteiger partial charge in [-0.15, -0.1) is 0 Å². The first kappa shape index (κ1) is 15.3. The van der Waals surface area contributed by atoms with Gasteiger partial charge in [0.2, 0.25) is 0 Å². The van der Waals surface area contributed by atoms with Gasteiger partial charge >= 0.3 is 0 Å². The summed E-state index contributed by atoms with van der Waals surface area (Å²) in [6.45, 7) is 2.14. The van der Waals surface area contributed by atoms with Crippen molar-refractivity contribution < 1.29 is 9.66 Å². The molecule has 1 aliphatic carbocycles. The average Bonchev–Trinajstić information content (AvgIpc) is 2.91. The molecule has 0 amide bonds. The van der Waals surface area contributed by atoms with Crippen molar-refractivity contribution in [2.45, 2.75) is 39.0 Å². The van der Waals surface area contributed by atoms with E-state index in [-0.39, 0.29) is 5.69 Å². The van der Waals surface area contributed by atoms with E-state index in [1.807, 2.05) is 0 Å². The van der Waals surface area contributed by atoms with Crippen LogP contribution in [-0.4, -0.2) is 12.0 Å². The van der Waals surface area contributed by atoms with Crippen LogP contribution in [0, 0.1) is 32.8 Å². The number of hydrogen-bond acceptors (Lipinski definition) is 4. The summed E-state index contributed by atoms with van der Waals surface area (Å²) in [5, 5.41) is 20.5. The number of ether oxygens (including phenoxy) is 1. The van der Waals surface area contributed by atoms with E-state index < -0.39 is 10.3 Å². The van der Waals surface area contributed by atoms with Crippen molar-refractivity contribution in [1.29, 1.82) is 5.26 Å². The second-order valence-corrected chi connectivity index (χ2v) is 5.84. The summed E-state index contributed by atoms with van der Waals surface area (Å²) in [4.78, 5) is 10.5. The number of methoxy groups -OCH3 is 1. The first-order valence-electron chi connectivity index (χ1n) is 7.26. The summed E-state index contributed by atoms with van der Waals surface area (Å²) in [6.07, 6.45) is 4.38. The Morgan fingerprint density at radius 1 is 1.57 bits per heavy atom. The van der Waals surface area contributed by atoms with Gasteiger partial charge in [-0.1, -0.05) is 13.3 Å². The highest BCUT2D eigenvalue weighted by Gasteiger charge is 2.39. The first-order chi connectivity index (χ1) is 10.0. The van der Waals surface area contributed by atoms with Crippen LogP contribution in [0.5, 0.6) is 5.75 Å². The van der Waals surface area contributed by atoms with Crippen LogP contribution in [-0.2, 0) is 6.42 Å². The summed E-state index contributed by atoms with van der Waals surface area (Å²) in [5.41, 5.74) is 0.386. The van der Waals surface area contributed by atoms with Crippen molar-refractivity contribution >= 4 is 5.69 Å². The van der Waals surface area contributed by atoms with Crippen molar-refractivity contribution in [2.75, 3.05) is 7.11 Å². The average molecular weight is 288 g/mol. The number of hydrogen-bond donors (Lipinski definition) is 0. The van der Waals surface area contributed by atoms with Gasteiger partial charge in [0.25, 0.3) is 5.69 Å². The molecular formula is C16H20N2O3. The minimum Gasteiger partial charge on any atom is -0.496 e. The predicted octanol–water partition coefficient (Wildman–Crippen LogP) is 3.87. The SMILES string of the molecule is CCC1CCC(C#N)(Cc2cc([N+](=O)[O-])ccc2OC)C1. The molecule has 1 saturated carbocycles. The van der Waals surface area contributed by atoms with Gasteiger partial charge in [0.05, 0.1) is 23.5 Å². The maximum Gasteiger partial charge on any atom is 0.269 e. The number of rotatable bonds is 5. The van der Waals surface area contributed by atoms with E-state index in [9.17, 15) is 15.4 Å². The summed E-state index contributed by atoms with van der Waals surface area (Å²) >= 11 is 0. The van der Waals surface area contributed by atoms with E-state index in [1.54, 1.807) is 13.2 Å². The fraction of sp³-hybridized carbons (Fsp3) is 0.562. The molecule has 0 aliphatic heterocycles. The van der Waals surface area contributed by atoms with E-state index in [0.717, 1.165) is 31.2 Å². The fourth-order valence-corrected chi connectivity index (χ4v) is 3.27. The van der Waals surface area contributed by atoms with Crippen LogP contribution in [0.15, 0.2) is 18.2 Å². The fourth-order valence-electron chi connectivity index (χ4n) is 3.27. The maximum absolute atomic E-state index is 10.9. The minimum absolute atomic E-state index is 0.0453. The lowest BCUT2D eigenvalue weighted by molar-refractivity contribution is -0.384. The third-order valence-corrected chi connectivity index (χ3v) is 4.53. The molecule has 0 saturated heterocycles. The summed E-state index contributed by atoms with van der Waals surface area (Å²) < 4.78 is 5.30. The van der Waals surface area contributed by atoms with Crippen molar-refractivity contribution in [3.8, 4) is 11.8 Å². The molecule has 0 bridgehead atoms. The van der Waals surface area contributed by atoms with Crippen LogP contribution in [0.2, 0.25) is 0 Å². The third-order valence-electron chi connectivity index (χ3n) is 4.53. The molecule has 5 nitrogen and oxygen atoms in total. The largest absolute Gasteiger partial charge is 0.496 e. The van der Waals surface area contributed by atoms with Gasteiger partial charge in [0, 0.05) is 17.7 Å². The summed E-state index contributed by atoms with van der Waals surface area (Å²) in [6, 6.07) is 7.05. The first-order valence-corrected chi connectivity index (χ1v) is 7.26. The molecule has 0 N–H and O–H groups in total. The van der Waals surface area contributed by atoms with Gasteiger partial charge in [0.1, 0.15) is 5.75 Å². The van der Waals surface area contributed by atoms with Crippen molar-refractivity contribution in [3.05, 3.63) is 33.9 Å². The Morgan fingerprint density at radius 2 is 2.33 bits per heavy atom. The molecule has 1 aliphatic rings. The molecule has 1 aromatic carbocycles. The molecule has 0 aromatic heterocycles. The van der Waals surface area contributed by atoms with Gasteiger partial charge in [-0.3, -0.25) is 10.1 Å². The number of nitro groups is 1. The lowest BCUT2D eigenvalue weighted by Crippen LogP contribution is -2.18. The molecule has 0 spiro atoms. The summed E-state index contributed by atoms with van der Waals surface area (Å²) in [7, 11) is 1.55. The van der Waals surface area contributed by atoms with E-state index in [4.69, 9.17) is 4.74 Å². The molecule has 0 heterocycles.